The van der Waals surface area contributed by atoms with Gasteiger partial charge in [-0.3, -0.25) is 14.2 Å². The summed E-state index contributed by atoms with van der Waals surface area (Å²) in [6.07, 6.45) is 1.07. The molecule has 0 unspecified atom stereocenters. The Morgan fingerprint density at radius 1 is 0.870 bits per heavy atom. The topological polar surface area (TPSA) is 39.1 Å². The molecular weight excluding hydrogens is 293 g/mol. The molecule has 3 nitrogen and oxygen atoms in total. The molecule has 1 aromatic heterocycles. The van der Waals surface area contributed by atoms with Crippen molar-refractivity contribution in [2.24, 2.45) is 0 Å². The number of nitrogens with zero attached hydrogens (tertiary/aromatic N) is 1. The Hall–Kier alpha value is -3.01. The van der Waals surface area contributed by atoms with Crippen LogP contribution in [0.2, 0.25) is 0 Å². The number of halogens is 1. The van der Waals surface area contributed by atoms with Crippen molar-refractivity contribution in [3.05, 3.63) is 106 Å². The molecule has 3 aromatic rings. The van der Waals surface area contributed by atoms with Crippen LogP contribution in [0.5, 0.6) is 0 Å². The summed E-state index contributed by atoms with van der Waals surface area (Å²) in [5, 5.41) is 0. The monoisotopic (exact) mass is 307 g/mol. The number of carbonyl (C=O) groups excluding carboxylic acids is 1. The van der Waals surface area contributed by atoms with Gasteiger partial charge in [0.15, 0.2) is 5.78 Å². The van der Waals surface area contributed by atoms with Crippen LogP contribution in [0.15, 0.2) is 83.8 Å². The average molecular weight is 307 g/mol. The number of hydrogen-bond donors (Lipinski definition) is 0. The minimum atomic E-state index is -0.901. The predicted molar refractivity (Wildman–Crippen MR) is 86.0 cm³/mol. The number of benzene rings is 2. The zero-order chi connectivity index (χ0) is 16.2. The lowest BCUT2D eigenvalue weighted by atomic mass is 9.97. The standard InChI is InChI=1S/C19H14FNO2/c20-16-11-12-17(22)21(13-16)18(14-7-3-1-4-8-14)19(23)15-9-5-2-6-10-15/h1-13,18H/t18-/m1/s1. The van der Waals surface area contributed by atoms with Crippen molar-refractivity contribution in [1.82, 2.24) is 4.57 Å². The third-order valence-electron chi connectivity index (χ3n) is 3.60. The average Bonchev–Trinajstić information content (AvgIpc) is 2.60. The molecule has 23 heavy (non-hydrogen) atoms. The molecule has 0 radical (unpaired) electrons. The van der Waals surface area contributed by atoms with Gasteiger partial charge in [0.1, 0.15) is 11.9 Å². The predicted octanol–water partition coefficient (Wildman–Crippen LogP) is 3.46. The van der Waals surface area contributed by atoms with Crippen LogP contribution in [0.1, 0.15) is 22.0 Å². The minimum Gasteiger partial charge on any atom is -0.298 e. The number of carbonyl (C=O) groups is 1. The van der Waals surface area contributed by atoms with Crippen LogP contribution < -0.4 is 5.56 Å². The van der Waals surface area contributed by atoms with Gasteiger partial charge in [0.2, 0.25) is 0 Å². The molecule has 1 heterocycles. The van der Waals surface area contributed by atoms with Gasteiger partial charge >= 0.3 is 0 Å². The van der Waals surface area contributed by atoms with E-state index in [0.29, 0.717) is 11.1 Å². The molecule has 0 saturated heterocycles. The highest BCUT2D eigenvalue weighted by molar-refractivity contribution is 6.00. The van der Waals surface area contributed by atoms with Gasteiger partial charge < -0.3 is 0 Å². The van der Waals surface area contributed by atoms with Gasteiger partial charge in [-0.25, -0.2) is 4.39 Å². The first kappa shape index (κ1) is 14.9. The van der Waals surface area contributed by atoms with E-state index in [1.54, 1.807) is 48.5 Å². The van der Waals surface area contributed by atoms with Crippen LogP contribution in [-0.2, 0) is 0 Å². The van der Waals surface area contributed by atoms with Crippen molar-refractivity contribution in [3.8, 4) is 0 Å². The van der Waals surface area contributed by atoms with E-state index in [9.17, 15) is 14.0 Å². The first-order valence-electron chi connectivity index (χ1n) is 7.19. The summed E-state index contributed by atoms with van der Waals surface area (Å²) in [5.74, 6) is -0.823. The Morgan fingerprint density at radius 2 is 1.48 bits per heavy atom. The minimum absolute atomic E-state index is 0.260. The van der Waals surface area contributed by atoms with Crippen LogP contribution in [0.4, 0.5) is 4.39 Å². The van der Waals surface area contributed by atoms with Crippen LogP contribution in [0, 0.1) is 5.82 Å². The van der Waals surface area contributed by atoms with E-state index in [4.69, 9.17) is 0 Å². The zero-order valence-electron chi connectivity index (χ0n) is 12.2. The van der Waals surface area contributed by atoms with E-state index in [1.165, 1.54) is 0 Å². The van der Waals surface area contributed by atoms with Crippen molar-refractivity contribution < 1.29 is 9.18 Å². The second-order valence-corrected chi connectivity index (χ2v) is 5.14. The van der Waals surface area contributed by atoms with Gasteiger partial charge in [-0.15, -0.1) is 0 Å². The summed E-state index contributed by atoms with van der Waals surface area (Å²) in [7, 11) is 0. The molecule has 4 heteroatoms. The largest absolute Gasteiger partial charge is 0.298 e. The van der Waals surface area contributed by atoms with Gasteiger partial charge in [0, 0.05) is 17.8 Å². The number of pyridine rings is 1. The summed E-state index contributed by atoms with van der Waals surface area (Å²) in [6.45, 7) is 0. The van der Waals surface area contributed by atoms with E-state index in [1.807, 2.05) is 12.1 Å². The van der Waals surface area contributed by atoms with Gasteiger partial charge in [0.05, 0.1) is 0 Å². The summed E-state index contributed by atoms with van der Waals surface area (Å²) >= 11 is 0. The maximum Gasteiger partial charge on any atom is 0.251 e. The molecular formula is C19H14FNO2. The fourth-order valence-electron chi connectivity index (χ4n) is 2.51. The Labute approximate surface area is 132 Å². The van der Waals surface area contributed by atoms with Gasteiger partial charge in [0.25, 0.3) is 5.56 Å². The Bertz CT molecular complexity index is 873. The third kappa shape index (κ3) is 3.11. The van der Waals surface area contributed by atoms with Gasteiger partial charge in [-0.2, -0.15) is 0 Å². The van der Waals surface area contributed by atoms with Crippen LogP contribution in [-0.4, -0.2) is 10.4 Å². The smallest absolute Gasteiger partial charge is 0.251 e. The Morgan fingerprint density at radius 3 is 2.13 bits per heavy atom. The maximum absolute atomic E-state index is 13.6. The van der Waals surface area contributed by atoms with Gasteiger partial charge in [-0.05, 0) is 11.6 Å². The van der Waals surface area contributed by atoms with Crippen molar-refractivity contribution >= 4 is 5.78 Å². The second kappa shape index (κ2) is 6.40. The second-order valence-electron chi connectivity index (χ2n) is 5.14. The number of Topliss-reactive ketones (excluding diaryl/α,β-unsaturated/α-hetero) is 1. The fraction of sp³-hybridized carbons (Fsp3) is 0.0526. The lowest BCUT2D eigenvalue weighted by molar-refractivity contribution is 0.0943. The molecule has 0 amide bonds. The molecule has 0 saturated carbocycles. The molecule has 3 rings (SSSR count). The lowest BCUT2D eigenvalue weighted by Gasteiger charge is -2.19. The summed E-state index contributed by atoms with van der Waals surface area (Å²) in [5.41, 5.74) is 0.677. The normalized spacial score (nSPS) is 11.9. The molecule has 0 N–H and O–H groups in total. The quantitative estimate of drug-likeness (QED) is 0.692. The number of hydrogen-bond acceptors (Lipinski definition) is 2. The van der Waals surface area contributed by atoms with E-state index in [-0.39, 0.29) is 5.78 Å². The summed E-state index contributed by atoms with van der Waals surface area (Å²) in [4.78, 5) is 25.1. The summed E-state index contributed by atoms with van der Waals surface area (Å²) in [6, 6.07) is 18.9. The van der Waals surface area contributed by atoms with Gasteiger partial charge in [-0.1, -0.05) is 60.7 Å². The van der Waals surface area contributed by atoms with E-state index in [2.05, 4.69) is 0 Å². The van der Waals surface area contributed by atoms with Crippen molar-refractivity contribution in [3.63, 3.8) is 0 Å². The highest BCUT2D eigenvalue weighted by atomic mass is 19.1. The zero-order valence-corrected chi connectivity index (χ0v) is 12.2. The Kier molecular flexibility index (Phi) is 4.15. The first-order chi connectivity index (χ1) is 11.2. The molecule has 0 fully saturated rings. The van der Waals surface area contributed by atoms with Crippen LogP contribution >= 0.6 is 0 Å². The molecule has 2 aromatic carbocycles. The lowest BCUT2D eigenvalue weighted by Crippen LogP contribution is -2.30. The number of rotatable bonds is 4. The highest BCUT2D eigenvalue weighted by Crippen LogP contribution is 2.22. The van der Waals surface area contributed by atoms with E-state index < -0.39 is 17.4 Å². The molecule has 114 valence electrons. The fourth-order valence-corrected chi connectivity index (χ4v) is 2.51. The number of aromatic nitrogens is 1. The van der Waals surface area contributed by atoms with Crippen molar-refractivity contribution in [1.29, 1.82) is 0 Å². The SMILES string of the molecule is O=C(c1ccccc1)[C@@H](c1ccccc1)n1cc(F)ccc1=O. The summed E-state index contributed by atoms with van der Waals surface area (Å²) < 4.78 is 14.8. The van der Waals surface area contributed by atoms with E-state index >= 15 is 0 Å². The van der Waals surface area contributed by atoms with Crippen molar-refractivity contribution in [2.75, 3.05) is 0 Å². The molecule has 0 bridgehead atoms. The highest BCUT2D eigenvalue weighted by Gasteiger charge is 2.24. The maximum atomic E-state index is 13.6. The molecule has 0 aliphatic heterocycles. The molecule has 1 atom stereocenters. The molecule has 0 aliphatic carbocycles. The van der Waals surface area contributed by atoms with E-state index in [0.717, 1.165) is 22.9 Å². The van der Waals surface area contributed by atoms with Crippen LogP contribution in [0.25, 0.3) is 0 Å². The third-order valence-corrected chi connectivity index (χ3v) is 3.60. The molecule has 0 aliphatic rings. The number of ketones is 1. The first-order valence-corrected chi connectivity index (χ1v) is 7.19. The van der Waals surface area contributed by atoms with Crippen LogP contribution in [0.3, 0.4) is 0 Å². The Balaban J connectivity index is 2.17. The molecule has 0 spiro atoms. The van der Waals surface area contributed by atoms with Crippen molar-refractivity contribution in [2.45, 2.75) is 6.04 Å².